The molecule has 0 heterocycles. The predicted octanol–water partition coefficient (Wildman–Crippen LogP) is 3.55. The van der Waals surface area contributed by atoms with Crippen molar-refractivity contribution in [3.63, 3.8) is 0 Å². The van der Waals surface area contributed by atoms with Gasteiger partial charge in [0.15, 0.2) is 0 Å². The van der Waals surface area contributed by atoms with Crippen molar-refractivity contribution < 1.29 is 14.7 Å². The van der Waals surface area contributed by atoms with Gasteiger partial charge in [-0.25, -0.2) is 9.59 Å². The van der Waals surface area contributed by atoms with Gasteiger partial charge in [0.05, 0.1) is 11.3 Å². The average molecular weight is 299 g/mol. The monoisotopic (exact) mass is 298 g/mol. The first kappa shape index (κ1) is 16.3. The number of hydrogen-bond donors (Lipinski definition) is 2. The van der Waals surface area contributed by atoms with Gasteiger partial charge in [-0.2, -0.15) is 0 Å². The van der Waals surface area contributed by atoms with Crippen molar-refractivity contribution in [2.24, 2.45) is 5.92 Å². The fraction of sp³-hybridized carbons (Fsp3) is 0.429. The molecule has 0 radical (unpaired) electrons. The van der Waals surface area contributed by atoms with E-state index in [1.165, 1.54) is 23.1 Å². The van der Waals surface area contributed by atoms with Crippen LogP contribution in [0.5, 0.6) is 0 Å². The van der Waals surface area contributed by atoms with Gasteiger partial charge in [-0.05, 0) is 24.1 Å². The molecule has 20 heavy (non-hydrogen) atoms. The molecule has 6 heteroatoms. The van der Waals surface area contributed by atoms with Crippen molar-refractivity contribution in [2.45, 2.75) is 20.3 Å². The average Bonchev–Trinajstić information content (AvgIpc) is 2.38. The highest BCUT2D eigenvalue weighted by Gasteiger charge is 2.16. The third-order valence-electron chi connectivity index (χ3n) is 3.08. The molecule has 2 N–H and O–H groups in total. The molecule has 0 aliphatic carbocycles. The van der Waals surface area contributed by atoms with Gasteiger partial charge >= 0.3 is 12.0 Å². The van der Waals surface area contributed by atoms with E-state index >= 15 is 0 Å². The van der Waals surface area contributed by atoms with E-state index in [-0.39, 0.29) is 17.3 Å². The summed E-state index contributed by atoms with van der Waals surface area (Å²) in [5, 5.41) is 12.0. The summed E-state index contributed by atoms with van der Waals surface area (Å²) in [6.07, 6.45) is 0.967. The third-order valence-corrected chi connectivity index (χ3v) is 3.32. The lowest BCUT2D eigenvalue weighted by Crippen LogP contribution is -2.35. The number of aromatic carboxylic acids is 1. The minimum absolute atomic E-state index is 0.0136. The summed E-state index contributed by atoms with van der Waals surface area (Å²) < 4.78 is 0. The van der Waals surface area contributed by atoms with Gasteiger partial charge < -0.3 is 15.3 Å². The molecule has 0 spiro atoms. The summed E-state index contributed by atoms with van der Waals surface area (Å²) >= 11 is 5.83. The number of anilines is 1. The zero-order chi connectivity index (χ0) is 15.3. The molecule has 0 aromatic heterocycles. The number of carbonyl (C=O) groups is 2. The Balaban J connectivity index is 2.84. The Morgan fingerprint density at radius 2 is 2.10 bits per heavy atom. The van der Waals surface area contributed by atoms with Crippen LogP contribution in [0.25, 0.3) is 0 Å². The van der Waals surface area contributed by atoms with Crippen molar-refractivity contribution in [1.29, 1.82) is 0 Å². The van der Waals surface area contributed by atoms with Gasteiger partial charge in [-0.1, -0.05) is 31.9 Å². The van der Waals surface area contributed by atoms with Crippen molar-refractivity contribution in [2.75, 3.05) is 18.9 Å². The first-order valence-corrected chi connectivity index (χ1v) is 6.77. The predicted molar refractivity (Wildman–Crippen MR) is 79.5 cm³/mol. The van der Waals surface area contributed by atoms with E-state index in [1.807, 2.05) is 6.92 Å². The summed E-state index contributed by atoms with van der Waals surface area (Å²) in [6.45, 7) is 4.70. The van der Waals surface area contributed by atoms with Crippen LogP contribution in [-0.4, -0.2) is 35.6 Å². The Morgan fingerprint density at radius 1 is 1.45 bits per heavy atom. The van der Waals surface area contributed by atoms with Crippen LogP contribution in [0.4, 0.5) is 10.5 Å². The number of nitrogens with one attached hydrogen (secondary N) is 1. The van der Waals surface area contributed by atoms with Crippen LogP contribution in [0.2, 0.25) is 5.02 Å². The van der Waals surface area contributed by atoms with Gasteiger partial charge in [0, 0.05) is 18.6 Å². The summed E-state index contributed by atoms with van der Waals surface area (Å²) in [7, 11) is 1.67. The van der Waals surface area contributed by atoms with Crippen molar-refractivity contribution in [1.82, 2.24) is 4.90 Å². The summed E-state index contributed by atoms with van der Waals surface area (Å²) in [4.78, 5) is 24.7. The highest BCUT2D eigenvalue weighted by atomic mass is 35.5. The number of carboxylic acids is 1. The van der Waals surface area contributed by atoms with E-state index in [9.17, 15) is 9.59 Å². The van der Waals surface area contributed by atoms with Crippen LogP contribution in [0.1, 0.15) is 30.6 Å². The van der Waals surface area contributed by atoms with Crippen LogP contribution >= 0.6 is 11.6 Å². The van der Waals surface area contributed by atoms with Gasteiger partial charge in [-0.15, -0.1) is 0 Å². The van der Waals surface area contributed by atoms with Gasteiger partial charge in [-0.3, -0.25) is 0 Å². The van der Waals surface area contributed by atoms with Crippen LogP contribution in [0.3, 0.4) is 0 Å². The van der Waals surface area contributed by atoms with Crippen LogP contribution in [0, 0.1) is 5.92 Å². The smallest absolute Gasteiger partial charge is 0.337 e. The number of carbonyl (C=O) groups excluding carboxylic acids is 1. The molecule has 0 saturated carbocycles. The molecule has 0 aliphatic heterocycles. The number of amides is 2. The van der Waals surface area contributed by atoms with Gasteiger partial charge in [0.1, 0.15) is 0 Å². The van der Waals surface area contributed by atoms with Crippen molar-refractivity contribution in [3.05, 3.63) is 28.8 Å². The molecular weight excluding hydrogens is 280 g/mol. The number of hydrogen-bond acceptors (Lipinski definition) is 2. The summed E-state index contributed by atoms with van der Waals surface area (Å²) in [6, 6.07) is 3.92. The largest absolute Gasteiger partial charge is 0.478 e. The fourth-order valence-corrected chi connectivity index (χ4v) is 1.87. The minimum Gasteiger partial charge on any atom is -0.478 e. The Hall–Kier alpha value is -1.75. The van der Waals surface area contributed by atoms with E-state index in [4.69, 9.17) is 16.7 Å². The zero-order valence-corrected chi connectivity index (χ0v) is 12.6. The Morgan fingerprint density at radius 3 is 2.65 bits per heavy atom. The SMILES string of the molecule is CCC(C)CN(C)C(=O)Nc1cc(Cl)ccc1C(=O)O. The van der Waals surface area contributed by atoms with E-state index < -0.39 is 5.97 Å². The maximum Gasteiger partial charge on any atom is 0.337 e. The summed E-state index contributed by atoms with van der Waals surface area (Å²) in [5.74, 6) is -0.731. The number of rotatable bonds is 5. The lowest BCUT2D eigenvalue weighted by molar-refractivity contribution is 0.0698. The van der Waals surface area contributed by atoms with Crippen molar-refractivity contribution in [3.8, 4) is 0 Å². The zero-order valence-electron chi connectivity index (χ0n) is 11.8. The van der Waals surface area contributed by atoms with Gasteiger partial charge in [0.2, 0.25) is 0 Å². The van der Waals surface area contributed by atoms with Crippen LogP contribution in [-0.2, 0) is 0 Å². The Bertz CT molecular complexity index is 505. The second-order valence-electron chi connectivity index (χ2n) is 4.82. The number of nitrogens with zero attached hydrogens (tertiary/aromatic N) is 1. The van der Waals surface area contributed by atoms with E-state index in [1.54, 1.807) is 7.05 Å². The molecule has 1 aromatic rings. The minimum atomic E-state index is -1.11. The molecule has 5 nitrogen and oxygen atoms in total. The number of carboxylic acid groups (broad SMARTS) is 1. The molecule has 0 aliphatic rings. The topological polar surface area (TPSA) is 69.6 Å². The number of benzene rings is 1. The molecule has 0 fully saturated rings. The highest BCUT2D eigenvalue weighted by molar-refractivity contribution is 6.31. The normalized spacial score (nSPS) is 11.8. The van der Waals surface area contributed by atoms with E-state index in [0.29, 0.717) is 17.5 Å². The van der Waals surface area contributed by atoms with E-state index in [0.717, 1.165) is 6.42 Å². The molecule has 2 amide bonds. The third kappa shape index (κ3) is 4.42. The van der Waals surface area contributed by atoms with Gasteiger partial charge in [0.25, 0.3) is 0 Å². The quantitative estimate of drug-likeness (QED) is 0.873. The van der Waals surface area contributed by atoms with Crippen LogP contribution < -0.4 is 5.32 Å². The molecule has 0 bridgehead atoms. The molecule has 1 atom stereocenters. The first-order chi connectivity index (χ1) is 9.35. The Kier molecular flexibility index (Phi) is 5.82. The van der Waals surface area contributed by atoms with Crippen molar-refractivity contribution >= 4 is 29.3 Å². The maximum absolute atomic E-state index is 12.0. The molecule has 110 valence electrons. The summed E-state index contributed by atoms with van der Waals surface area (Å²) in [5.41, 5.74) is 0.214. The molecule has 0 saturated heterocycles. The Labute approximate surface area is 123 Å². The highest BCUT2D eigenvalue weighted by Crippen LogP contribution is 2.21. The number of halogens is 1. The second kappa shape index (κ2) is 7.14. The fourth-order valence-electron chi connectivity index (χ4n) is 1.70. The lowest BCUT2D eigenvalue weighted by Gasteiger charge is -2.21. The first-order valence-electron chi connectivity index (χ1n) is 6.40. The lowest BCUT2D eigenvalue weighted by atomic mass is 10.1. The number of urea groups is 1. The van der Waals surface area contributed by atoms with Crippen LogP contribution in [0.15, 0.2) is 18.2 Å². The molecule has 1 aromatic carbocycles. The standard InChI is InChI=1S/C14H19ClN2O3/c1-4-9(2)8-17(3)14(20)16-12-7-10(15)5-6-11(12)13(18)19/h5-7,9H,4,8H2,1-3H3,(H,16,20)(H,18,19). The molecule has 1 unspecified atom stereocenters. The molecular formula is C14H19ClN2O3. The second-order valence-corrected chi connectivity index (χ2v) is 5.26. The maximum atomic E-state index is 12.0. The molecule has 1 rings (SSSR count). The van der Waals surface area contributed by atoms with E-state index in [2.05, 4.69) is 12.2 Å².